The van der Waals surface area contributed by atoms with Crippen molar-refractivity contribution in [3.8, 4) is 28.4 Å². The molecular formula is C23H23NO3S. The number of benzene rings is 3. The Balaban J connectivity index is 1.54. The van der Waals surface area contributed by atoms with E-state index in [0.29, 0.717) is 36.3 Å². The third-order valence-electron chi connectivity index (χ3n) is 4.10. The lowest BCUT2D eigenvalue weighted by Crippen LogP contribution is -2.12. The summed E-state index contributed by atoms with van der Waals surface area (Å²) in [5, 5.41) is 0. The fourth-order valence-corrected chi connectivity index (χ4v) is 2.86. The molecule has 0 radical (unpaired) electrons. The number of thiocarbonyl (C=S) groups is 1. The second kappa shape index (κ2) is 9.76. The van der Waals surface area contributed by atoms with Crippen LogP contribution in [-0.2, 0) is 0 Å². The molecule has 2 N–H and O–H groups in total. The molecule has 0 unspecified atom stereocenters. The Bertz CT molecular complexity index is 911. The van der Waals surface area contributed by atoms with Gasteiger partial charge in [-0.15, -0.1) is 0 Å². The molecule has 144 valence electrons. The van der Waals surface area contributed by atoms with Crippen molar-refractivity contribution in [3.63, 3.8) is 0 Å². The van der Waals surface area contributed by atoms with Gasteiger partial charge < -0.3 is 19.9 Å². The molecule has 3 aromatic rings. The van der Waals surface area contributed by atoms with Crippen LogP contribution in [0.5, 0.6) is 17.2 Å². The van der Waals surface area contributed by atoms with E-state index >= 15 is 0 Å². The molecule has 5 heteroatoms. The zero-order valence-corrected chi connectivity index (χ0v) is 16.6. The van der Waals surface area contributed by atoms with E-state index in [1.54, 1.807) is 6.07 Å². The molecule has 4 nitrogen and oxygen atoms in total. The molecule has 0 bridgehead atoms. The lowest BCUT2D eigenvalue weighted by Gasteiger charge is -2.13. The molecule has 0 aliphatic heterocycles. The maximum atomic E-state index is 5.81. The third kappa shape index (κ3) is 5.24. The summed E-state index contributed by atoms with van der Waals surface area (Å²) in [5.74, 6) is 2.07. The molecule has 3 aromatic carbocycles. The Hall–Kier alpha value is -3.05. The van der Waals surface area contributed by atoms with Crippen molar-refractivity contribution in [1.82, 2.24) is 0 Å². The number of hydrogen-bond donors (Lipinski definition) is 1. The van der Waals surface area contributed by atoms with Crippen LogP contribution in [0, 0.1) is 0 Å². The van der Waals surface area contributed by atoms with E-state index < -0.39 is 0 Å². The Morgan fingerprint density at radius 1 is 0.786 bits per heavy atom. The van der Waals surface area contributed by atoms with Crippen LogP contribution < -0.4 is 19.9 Å². The minimum absolute atomic E-state index is 0.329. The van der Waals surface area contributed by atoms with Crippen LogP contribution in [0.25, 0.3) is 11.1 Å². The Morgan fingerprint density at radius 2 is 1.46 bits per heavy atom. The molecule has 0 atom stereocenters. The summed E-state index contributed by atoms with van der Waals surface area (Å²) in [5.41, 5.74) is 8.77. The van der Waals surface area contributed by atoms with Crippen molar-refractivity contribution in [2.75, 3.05) is 19.8 Å². The summed E-state index contributed by atoms with van der Waals surface area (Å²) in [6.45, 7) is 3.26. The summed E-state index contributed by atoms with van der Waals surface area (Å²) in [4.78, 5) is 0.329. The minimum atomic E-state index is 0.329. The Kier molecular flexibility index (Phi) is 6.87. The maximum Gasteiger partial charge on any atom is 0.161 e. The molecule has 0 aliphatic rings. The van der Waals surface area contributed by atoms with E-state index in [2.05, 4.69) is 12.1 Å². The fraction of sp³-hybridized carbons (Fsp3) is 0.174. The van der Waals surface area contributed by atoms with E-state index in [4.69, 9.17) is 32.2 Å². The molecule has 0 saturated heterocycles. The van der Waals surface area contributed by atoms with Crippen molar-refractivity contribution < 1.29 is 14.2 Å². The first-order valence-corrected chi connectivity index (χ1v) is 9.56. The van der Waals surface area contributed by atoms with Gasteiger partial charge in [0.05, 0.1) is 6.61 Å². The van der Waals surface area contributed by atoms with Gasteiger partial charge in [0.1, 0.15) is 24.0 Å². The average molecular weight is 394 g/mol. The van der Waals surface area contributed by atoms with E-state index in [1.807, 2.05) is 61.5 Å². The summed E-state index contributed by atoms with van der Waals surface area (Å²) in [7, 11) is 0. The normalized spacial score (nSPS) is 10.3. The fourth-order valence-electron chi connectivity index (χ4n) is 2.73. The Labute approximate surface area is 170 Å². The van der Waals surface area contributed by atoms with E-state index in [1.165, 1.54) is 5.56 Å². The number of hydrogen-bond acceptors (Lipinski definition) is 4. The molecule has 0 saturated carbocycles. The van der Waals surface area contributed by atoms with Gasteiger partial charge in [-0.05, 0) is 48.4 Å². The number of rotatable bonds is 9. The van der Waals surface area contributed by atoms with Crippen molar-refractivity contribution in [1.29, 1.82) is 0 Å². The van der Waals surface area contributed by atoms with Crippen LogP contribution in [0.3, 0.4) is 0 Å². The van der Waals surface area contributed by atoms with E-state index in [9.17, 15) is 0 Å². The van der Waals surface area contributed by atoms with Gasteiger partial charge in [0, 0.05) is 5.56 Å². The molecule has 0 aromatic heterocycles. The van der Waals surface area contributed by atoms with Gasteiger partial charge in [-0.2, -0.15) is 0 Å². The average Bonchev–Trinajstić information content (AvgIpc) is 2.73. The Morgan fingerprint density at radius 3 is 2.14 bits per heavy atom. The van der Waals surface area contributed by atoms with Crippen LogP contribution in [0.2, 0.25) is 0 Å². The third-order valence-corrected chi connectivity index (χ3v) is 4.33. The summed E-state index contributed by atoms with van der Waals surface area (Å²) in [6, 6.07) is 23.7. The van der Waals surface area contributed by atoms with Gasteiger partial charge in [-0.25, -0.2) is 0 Å². The number of ether oxygens (including phenoxy) is 3. The second-order valence-corrected chi connectivity index (χ2v) is 6.49. The van der Waals surface area contributed by atoms with Crippen molar-refractivity contribution in [3.05, 3.63) is 78.4 Å². The summed E-state index contributed by atoms with van der Waals surface area (Å²) in [6.07, 6.45) is 0. The monoisotopic (exact) mass is 393 g/mol. The van der Waals surface area contributed by atoms with Gasteiger partial charge in [-0.1, -0.05) is 54.7 Å². The maximum absolute atomic E-state index is 5.81. The highest BCUT2D eigenvalue weighted by Gasteiger charge is 2.08. The largest absolute Gasteiger partial charge is 0.490 e. The van der Waals surface area contributed by atoms with E-state index in [0.717, 1.165) is 16.9 Å². The van der Waals surface area contributed by atoms with Crippen LogP contribution >= 0.6 is 12.2 Å². The first-order valence-electron chi connectivity index (χ1n) is 9.15. The van der Waals surface area contributed by atoms with Crippen LogP contribution in [0.15, 0.2) is 72.8 Å². The molecule has 0 heterocycles. The first kappa shape index (κ1) is 19.7. The predicted octanol–water partition coefficient (Wildman–Crippen LogP) is 4.84. The molecule has 0 fully saturated rings. The molecular weight excluding hydrogens is 370 g/mol. The predicted molar refractivity (Wildman–Crippen MR) is 116 cm³/mol. The van der Waals surface area contributed by atoms with Gasteiger partial charge in [0.15, 0.2) is 11.5 Å². The highest BCUT2D eigenvalue weighted by Crippen LogP contribution is 2.28. The van der Waals surface area contributed by atoms with Gasteiger partial charge in [0.2, 0.25) is 0 Å². The van der Waals surface area contributed by atoms with Crippen LogP contribution in [0.4, 0.5) is 0 Å². The standard InChI is InChI=1S/C23H23NO3S/c1-2-25-22-16-19(23(24)28)10-13-21(22)27-15-14-26-20-11-8-18(9-12-20)17-6-4-3-5-7-17/h3-13,16H,2,14-15H2,1H3,(H2,24,28). The van der Waals surface area contributed by atoms with Gasteiger partial charge in [-0.3, -0.25) is 0 Å². The molecule has 0 aliphatic carbocycles. The van der Waals surface area contributed by atoms with Crippen molar-refractivity contribution in [2.24, 2.45) is 5.73 Å². The van der Waals surface area contributed by atoms with Crippen molar-refractivity contribution in [2.45, 2.75) is 6.92 Å². The second-order valence-electron chi connectivity index (χ2n) is 6.05. The molecule has 28 heavy (non-hydrogen) atoms. The van der Waals surface area contributed by atoms with E-state index in [-0.39, 0.29) is 0 Å². The minimum Gasteiger partial charge on any atom is -0.490 e. The van der Waals surface area contributed by atoms with Crippen molar-refractivity contribution >= 4 is 17.2 Å². The SMILES string of the molecule is CCOc1cc(C(N)=S)ccc1OCCOc1ccc(-c2ccccc2)cc1. The number of nitrogens with two attached hydrogens (primary N) is 1. The molecule has 3 rings (SSSR count). The lowest BCUT2D eigenvalue weighted by molar-refractivity contribution is 0.208. The first-order chi connectivity index (χ1) is 13.7. The quantitative estimate of drug-likeness (QED) is 0.416. The van der Waals surface area contributed by atoms with Gasteiger partial charge >= 0.3 is 0 Å². The smallest absolute Gasteiger partial charge is 0.161 e. The van der Waals surface area contributed by atoms with Crippen LogP contribution in [0.1, 0.15) is 12.5 Å². The topological polar surface area (TPSA) is 53.7 Å². The highest BCUT2D eigenvalue weighted by atomic mass is 32.1. The van der Waals surface area contributed by atoms with Gasteiger partial charge in [0.25, 0.3) is 0 Å². The molecule has 0 spiro atoms. The zero-order chi connectivity index (χ0) is 19.8. The summed E-state index contributed by atoms with van der Waals surface area (Å²) < 4.78 is 17.2. The molecule has 0 amide bonds. The summed E-state index contributed by atoms with van der Waals surface area (Å²) >= 11 is 5.01. The highest BCUT2D eigenvalue weighted by molar-refractivity contribution is 7.80. The van der Waals surface area contributed by atoms with Crippen LogP contribution in [-0.4, -0.2) is 24.8 Å². The zero-order valence-electron chi connectivity index (χ0n) is 15.8. The lowest BCUT2D eigenvalue weighted by atomic mass is 10.1.